The Bertz CT molecular complexity index is 547. The van der Waals surface area contributed by atoms with Crippen molar-refractivity contribution >= 4 is 0 Å². The van der Waals surface area contributed by atoms with Gasteiger partial charge >= 0.3 is 0 Å². The van der Waals surface area contributed by atoms with Crippen molar-refractivity contribution in [2.75, 3.05) is 6.54 Å². The van der Waals surface area contributed by atoms with Gasteiger partial charge in [-0.25, -0.2) is 4.68 Å². The number of rotatable bonds is 3. The minimum absolute atomic E-state index is 0.667. The maximum atomic E-state index is 5.66. The maximum absolute atomic E-state index is 5.66. The molecule has 1 heterocycles. The number of aromatic nitrogens is 2. The Balaban J connectivity index is 2.54. The second-order valence-corrected chi connectivity index (χ2v) is 4.95. The number of aryl methyl sites for hydroxylation is 3. The number of nitrogens with two attached hydrogens (primary N) is 1. The van der Waals surface area contributed by atoms with Gasteiger partial charge in [-0.05, 0) is 69.5 Å². The maximum Gasteiger partial charge on any atom is 0.0654 e. The molecule has 0 saturated carbocycles. The molecule has 0 aliphatic heterocycles. The molecule has 0 saturated heterocycles. The van der Waals surface area contributed by atoms with Gasteiger partial charge in [0.25, 0.3) is 0 Å². The Labute approximate surface area is 109 Å². The zero-order valence-electron chi connectivity index (χ0n) is 11.6. The highest BCUT2D eigenvalue weighted by molar-refractivity contribution is 5.42. The van der Waals surface area contributed by atoms with E-state index in [2.05, 4.69) is 51.0 Å². The highest BCUT2D eigenvalue weighted by Crippen LogP contribution is 2.20. The summed E-state index contributed by atoms with van der Waals surface area (Å²) in [4.78, 5) is 0. The van der Waals surface area contributed by atoms with E-state index >= 15 is 0 Å². The van der Waals surface area contributed by atoms with Crippen LogP contribution in [0.5, 0.6) is 0 Å². The summed E-state index contributed by atoms with van der Waals surface area (Å²) in [5, 5.41) is 4.64. The molecule has 3 heteroatoms. The van der Waals surface area contributed by atoms with Crippen LogP contribution in [0, 0.1) is 27.7 Å². The Morgan fingerprint density at radius 1 is 1.06 bits per heavy atom. The largest absolute Gasteiger partial charge is 0.330 e. The van der Waals surface area contributed by atoms with E-state index in [1.807, 2.05) is 4.68 Å². The van der Waals surface area contributed by atoms with Crippen molar-refractivity contribution in [1.82, 2.24) is 9.78 Å². The van der Waals surface area contributed by atoms with Crippen molar-refractivity contribution in [3.63, 3.8) is 0 Å². The van der Waals surface area contributed by atoms with Crippen LogP contribution in [0.25, 0.3) is 5.69 Å². The van der Waals surface area contributed by atoms with Crippen molar-refractivity contribution < 1.29 is 0 Å². The van der Waals surface area contributed by atoms with Crippen LogP contribution in [0.4, 0.5) is 0 Å². The van der Waals surface area contributed by atoms with Gasteiger partial charge in [-0.1, -0.05) is 6.07 Å². The average Bonchev–Trinajstić information content (AvgIpc) is 2.56. The standard InChI is InChI=1S/C15H21N3/c1-10-7-11(2)9-14(8-10)18-13(4)15(5-6-16)12(3)17-18/h7-9H,5-6,16H2,1-4H3. The molecule has 1 aromatic carbocycles. The van der Waals surface area contributed by atoms with Crippen molar-refractivity contribution in [2.24, 2.45) is 5.73 Å². The van der Waals surface area contributed by atoms with Crippen molar-refractivity contribution in [1.29, 1.82) is 0 Å². The number of nitrogens with zero attached hydrogens (tertiary/aromatic N) is 2. The summed E-state index contributed by atoms with van der Waals surface area (Å²) in [6, 6.07) is 6.51. The third-order valence-corrected chi connectivity index (χ3v) is 3.29. The van der Waals surface area contributed by atoms with Crippen molar-refractivity contribution in [2.45, 2.75) is 34.1 Å². The smallest absolute Gasteiger partial charge is 0.0654 e. The SMILES string of the molecule is Cc1cc(C)cc(-n2nc(C)c(CCN)c2C)c1. The van der Waals surface area contributed by atoms with E-state index in [0.717, 1.165) is 17.8 Å². The first-order chi connectivity index (χ1) is 8.52. The van der Waals surface area contributed by atoms with E-state index in [9.17, 15) is 0 Å². The summed E-state index contributed by atoms with van der Waals surface area (Å²) in [5.41, 5.74) is 12.9. The lowest BCUT2D eigenvalue weighted by atomic mass is 10.1. The summed E-state index contributed by atoms with van der Waals surface area (Å²) in [5.74, 6) is 0. The molecule has 0 unspecified atom stereocenters. The monoisotopic (exact) mass is 243 g/mol. The molecule has 3 nitrogen and oxygen atoms in total. The predicted molar refractivity (Wildman–Crippen MR) is 75.3 cm³/mol. The van der Waals surface area contributed by atoms with Crippen molar-refractivity contribution in [3.05, 3.63) is 46.3 Å². The highest BCUT2D eigenvalue weighted by atomic mass is 15.3. The second-order valence-electron chi connectivity index (χ2n) is 4.95. The van der Waals surface area contributed by atoms with Gasteiger partial charge < -0.3 is 5.73 Å². The number of hydrogen-bond acceptors (Lipinski definition) is 2. The first-order valence-corrected chi connectivity index (χ1v) is 6.36. The van der Waals surface area contributed by atoms with Gasteiger partial charge in [0, 0.05) is 5.69 Å². The van der Waals surface area contributed by atoms with Crippen LogP contribution in [-0.4, -0.2) is 16.3 Å². The summed E-state index contributed by atoms with van der Waals surface area (Å²) in [6.45, 7) is 9.06. The quantitative estimate of drug-likeness (QED) is 0.900. The summed E-state index contributed by atoms with van der Waals surface area (Å²) in [7, 11) is 0. The van der Waals surface area contributed by atoms with E-state index in [-0.39, 0.29) is 0 Å². The van der Waals surface area contributed by atoms with E-state index in [1.165, 1.54) is 22.4 Å². The molecule has 0 bridgehead atoms. The fourth-order valence-electron chi connectivity index (χ4n) is 2.51. The number of benzene rings is 1. The Kier molecular flexibility index (Phi) is 3.53. The molecule has 0 spiro atoms. The molecule has 0 amide bonds. The van der Waals surface area contributed by atoms with E-state index in [1.54, 1.807) is 0 Å². The van der Waals surface area contributed by atoms with Gasteiger partial charge in [-0.2, -0.15) is 5.10 Å². The molecule has 18 heavy (non-hydrogen) atoms. The minimum atomic E-state index is 0.667. The van der Waals surface area contributed by atoms with Crippen LogP contribution in [-0.2, 0) is 6.42 Å². The fraction of sp³-hybridized carbons (Fsp3) is 0.400. The van der Waals surface area contributed by atoms with E-state index in [0.29, 0.717) is 6.54 Å². The lowest BCUT2D eigenvalue weighted by Crippen LogP contribution is -2.05. The molecule has 2 aromatic rings. The Morgan fingerprint density at radius 2 is 1.67 bits per heavy atom. The molecule has 0 atom stereocenters. The molecule has 0 radical (unpaired) electrons. The minimum Gasteiger partial charge on any atom is -0.330 e. The van der Waals surface area contributed by atoms with Gasteiger partial charge in [-0.15, -0.1) is 0 Å². The van der Waals surface area contributed by atoms with Crippen LogP contribution in [0.2, 0.25) is 0 Å². The molecule has 0 aliphatic carbocycles. The molecular formula is C15H21N3. The van der Waals surface area contributed by atoms with Gasteiger partial charge in [0.1, 0.15) is 0 Å². The van der Waals surface area contributed by atoms with E-state index < -0.39 is 0 Å². The second kappa shape index (κ2) is 4.94. The predicted octanol–water partition coefficient (Wildman–Crippen LogP) is 2.61. The van der Waals surface area contributed by atoms with Crippen molar-refractivity contribution in [3.8, 4) is 5.69 Å². The topological polar surface area (TPSA) is 43.8 Å². The van der Waals surface area contributed by atoms with E-state index in [4.69, 9.17) is 5.73 Å². The molecule has 2 N–H and O–H groups in total. The van der Waals surface area contributed by atoms with Crippen LogP contribution >= 0.6 is 0 Å². The summed E-state index contributed by atoms with van der Waals surface area (Å²) in [6.07, 6.45) is 0.891. The molecule has 1 aromatic heterocycles. The molecule has 0 fully saturated rings. The lowest BCUT2D eigenvalue weighted by molar-refractivity contribution is 0.829. The summed E-state index contributed by atoms with van der Waals surface area (Å²) >= 11 is 0. The van der Waals surface area contributed by atoms with Crippen LogP contribution in [0.15, 0.2) is 18.2 Å². The third kappa shape index (κ3) is 2.31. The first-order valence-electron chi connectivity index (χ1n) is 6.36. The van der Waals surface area contributed by atoms with Gasteiger partial charge in [0.05, 0.1) is 11.4 Å². The van der Waals surface area contributed by atoms with Gasteiger partial charge in [0.2, 0.25) is 0 Å². The van der Waals surface area contributed by atoms with Gasteiger partial charge in [-0.3, -0.25) is 0 Å². The summed E-state index contributed by atoms with van der Waals surface area (Å²) < 4.78 is 2.03. The molecule has 0 aliphatic rings. The Hall–Kier alpha value is -1.61. The van der Waals surface area contributed by atoms with Gasteiger partial charge in [0.15, 0.2) is 0 Å². The Morgan fingerprint density at radius 3 is 2.22 bits per heavy atom. The lowest BCUT2D eigenvalue weighted by Gasteiger charge is -2.08. The van der Waals surface area contributed by atoms with Crippen LogP contribution in [0.1, 0.15) is 28.1 Å². The zero-order valence-corrected chi connectivity index (χ0v) is 11.6. The normalized spacial score (nSPS) is 10.9. The average molecular weight is 243 g/mol. The molecular weight excluding hydrogens is 222 g/mol. The highest BCUT2D eigenvalue weighted by Gasteiger charge is 2.12. The van der Waals surface area contributed by atoms with Crippen LogP contribution < -0.4 is 5.73 Å². The van der Waals surface area contributed by atoms with Crippen LogP contribution in [0.3, 0.4) is 0 Å². The fourth-order valence-corrected chi connectivity index (χ4v) is 2.51. The third-order valence-electron chi connectivity index (χ3n) is 3.29. The zero-order chi connectivity index (χ0) is 13.3. The molecule has 96 valence electrons. The first kappa shape index (κ1) is 12.8. The number of hydrogen-bond donors (Lipinski definition) is 1. The molecule has 2 rings (SSSR count).